The van der Waals surface area contributed by atoms with Crippen LogP contribution in [0, 0.1) is 0 Å². The van der Waals surface area contributed by atoms with E-state index in [-0.39, 0.29) is 13.4 Å². The van der Waals surface area contributed by atoms with Crippen LogP contribution in [0.3, 0.4) is 0 Å². The fourth-order valence-electron chi connectivity index (χ4n) is 5.44. The standard InChI is InChI=1S/C33H30NO4/c1-34-19-29-27(16-13-26(20-35)33(29)36-2)28(32(34)25-14-17-30-31(18-25)38-21-37-30)15-10-22-8-11-24(12-9-22)23-6-4-3-5-7-23/h3-9,11-14,16-19,35H,10,15,20-21H2,1-2H3/q+1. The minimum Gasteiger partial charge on any atom is -0.495 e. The summed E-state index contributed by atoms with van der Waals surface area (Å²) in [4.78, 5) is 0. The monoisotopic (exact) mass is 504 g/mol. The zero-order chi connectivity index (χ0) is 26.1. The zero-order valence-electron chi connectivity index (χ0n) is 21.6. The summed E-state index contributed by atoms with van der Waals surface area (Å²) < 4.78 is 19.2. The predicted molar refractivity (Wildman–Crippen MR) is 148 cm³/mol. The van der Waals surface area contributed by atoms with Crippen LogP contribution in [0.15, 0.2) is 91.1 Å². The number of hydrogen-bond acceptors (Lipinski definition) is 4. The number of rotatable bonds is 7. The van der Waals surface area contributed by atoms with Crippen LogP contribution < -0.4 is 18.8 Å². The minimum absolute atomic E-state index is 0.0736. The number of nitrogens with zero attached hydrogens (tertiary/aromatic N) is 1. The number of ether oxygens (including phenoxy) is 3. The molecule has 5 nitrogen and oxygen atoms in total. The lowest BCUT2D eigenvalue weighted by molar-refractivity contribution is -0.659. The van der Waals surface area contributed by atoms with E-state index in [1.165, 1.54) is 22.3 Å². The summed E-state index contributed by atoms with van der Waals surface area (Å²) in [5.41, 5.74) is 7.90. The zero-order valence-corrected chi connectivity index (χ0v) is 21.6. The lowest BCUT2D eigenvalue weighted by Crippen LogP contribution is -2.32. The van der Waals surface area contributed by atoms with Crippen molar-refractivity contribution in [1.29, 1.82) is 0 Å². The second-order valence-electron chi connectivity index (χ2n) is 9.58. The van der Waals surface area contributed by atoms with Gasteiger partial charge in [-0.15, -0.1) is 0 Å². The average Bonchev–Trinajstić information content (AvgIpc) is 3.44. The molecule has 6 rings (SSSR count). The van der Waals surface area contributed by atoms with Crippen molar-refractivity contribution in [2.24, 2.45) is 7.05 Å². The third-order valence-electron chi connectivity index (χ3n) is 7.31. The van der Waals surface area contributed by atoms with Gasteiger partial charge in [-0.1, -0.05) is 66.7 Å². The van der Waals surface area contributed by atoms with Crippen molar-refractivity contribution in [3.8, 4) is 39.6 Å². The van der Waals surface area contributed by atoms with Gasteiger partial charge in [-0.2, -0.15) is 0 Å². The molecule has 0 fully saturated rings. The van der Waals surface area contributed by atoms with Gasteiger partial charge in [0.05, 0.1) is 24.7 Å². The Morgan fingerprint density at radius 1 is 0.789 bits per heavy atom. The summed E-state index contributed by atoms with van der Waals surface area (Å²) >= 11 is 0. The molecular weight excluding hydrogens is 474 g/mol. The van der Waals surface area contributed by atoms with E-state index in [0.717, 1.165) is 51.9 Å². The third-order valence-corrected chi connectivity index (χ3v) is 7.31. The molecule has 0 saturated carbocycles. The van der Waals surface area contributed by atoms with Gasteiger partial charge in [0.25, 0.3) is 0 Å². The van der Waals surface area contributed by atoms with E-state index >= 15 is 0 Å². The molecule has 5 aromatic rings. The highest BCUT2D eigenvalue weighted by atomic mass is 16.7. The SMILES string of the molecule is COc1c(CO)ccc2c(CCc3ccc(-c4ccccc4)cc3)c(-c3ccc4c(c3)OCO4)[n+](C)cc12. The first kappa shape index (κ1) is 24.0. The third kappa shape index (κ3) is 4.35. The lowest BCUT2D eigenvalue weighted by Gasteiger charge is -2.15. The fourth-order valence-corrected chi connectivity index (χ4v) is 5.44. The van der Waals surface area contributed by atoms with Gasteiger partial charge in [0.2, 0.25) is 12.5 Å². The Balaban J connectivity index is 1.43. The summed E-state index contributed by atoms with van der Waals surface area (Å²) in [5.74, 6) is 2.25. The Bertz CT molecular complexity index is 1610. The molecule has 2 heterocycles. The van der Waals surface area contributed by atoms with Crippen LogP contribution in [0.5, 0.6) is 17.2 Å². The molecule has 1 N–H and O–H groups in total. The molecular formula is C33H30NO4+. The van der Waals surface area contributed by atoms with Crippen molar-refractivity contribution in [2.45, 2.75) is 19.4 Å². The van der Waals surface area contributed by atoms with Crippen LogP contribution in [0.2, 0.25) is 0 Å². The molecule has 0 spiro atoms. The summed E-state index contributed by atoms with van der Waals surface area (Å²) in [6.07, 6.45) is 3.81. The second kappa shape index (κ2) is 10.2. The van der Waals surface area contributed by atoms with Crippen molar-refractivity contribution >= 4 is 10.8 Å². The molecule has 0 aliphatic carbocycles. The molecule has 0 amide bonds. The van der Waals surface area contributed by atoms with Crippen molar-refractivity contribution in [3.63, 3.8) is 0 Å². The van der Waals surface area contributed by atoms with Gasteiger partial charge in [-0.05, 0) is 47.7 Å². The molecule has 0 radical (unpaired) electrons. The first-order valence-corrected chi connectivity index (χ1v) is 12.8. The van der Waals surface area contributed by atoms with Gasteiger partial charge in [-0.3, -0.25) is 0 Å². The van der Waals surface area contributed by atoms with Crippen LogP contribution in [-0.4, -0.2) is 19.0 Å². The topological polar surface area (TPSA) is 51.8 Å². The maximum Gasteiger partial charge on any atom is 0.231 e. The average molecular weight is 505 g/mol. The summed E-state index contributed by atoms with van der Waals surface area (Å²) in [6.45, 7) is 0.172. The van der Waals surface area contributed by atoms with E-state index in [4.69, 9.17) is 14.2 Å². The number of aryl methyl sites for hydroxylation is 3. The van der Waals surface area contributed by atoms with Crippen molar-refractivity contribution in [3.05, 3.63) is 108 Å². The van der Waals surface area contributed by atoms with Crippen molar-refractivity contribution in [2.75, 3.05) is 13.9 Å². The highest BCUT2D eigenvalue weighted by Crippen LogP contribution is 2.39. The maximum atomic E-state index is 9.91. The highest BCUT2D eigenvalue weighted by Gasteiger charge is 2.25. The predicted octanol–water partition coefficient (Wildman–Crippen LogP) is 6.01. The lowest BCUT2D eigenvalue weighted by atomic mass is 9.92. The summed E-state index contributed by atoms with van der Waals surface area (Å²) in [7, 11) is 3.72. The molecule has 1 aliphatic heterocycles. The van der Waals surface area contributed by atoms with E-state index in [0.29, 0.717) is 5.75 Å². The quantitative estimate of drug-likeness (QED) is 0.276. The summed E-state index contributed by atoms with van der Waals surface area (Å²) in [5, 5.41) is 12.0. The Morgan fingerprint density at radius 2 is 1.53 bits per heavy atom. The maximum absolute atomic E-state index is 9.91. The second-order valence-corrected chi connectivity index (χ2v) is 9.58. The van der Waals surface area contributed by atoms with Gasteiger partial charge < -0.3 is 19.3 Å². The molecule has 4 aromatic carbocycles. The molecule has 0 bridgehead atoms. The Morgan fingerprint density at radius 3 is 2.29 bits per heavy atom. The van der Waals surface area contributed by atoms with Crippen molar-refractivity contribution in [1.82, 2.24) is 0 Å². The number of methoxy groups -OCH3 is 1. The summed E-state index contributed by atoms with van der Waals surface area (Å²) in [6, 6.07) is 29.5. The molecule has 190 valence electrons. The number of aliphatic hydroxyl groups is 1. The number of aromatic nitrogens is 1. The van der Waals surface area contributed by atoms with Gasteiger partial charge in [0, 0.05) is 16.5 Å². The Labute approximate surface area is 222 Å². The molecule has 5 heteroatoms. The van der Waals surface area contributed by atoms with Crippen LogP contribution in [-0.2, 0) is 26.5 Å². The van der Waals surface area contributed by atoms with E-state index in [2.05, 4.69) is 84.5 Å². The number of aliphatic hydroxyl groups excluding tert-OH is 1. The van der Waals surface area contributed by atoms with Gasteiger partial charge in [-0.25, -0.2) is 4.57 Å². The fraction of sp³-hybridized carbons (Fsp3) is 0.182. The Hall–Kier alpha value is -4.35. The van der Waals surface area contributed by atoms with Crippen LogP contribution in [0.4, 0.5) is 0 Å². The first-order chi connectivity index (χ1) is 18.7. The highest BCUT2D eigenvalue weighted by molar-refractivity contribution is 5.94. The number of pyridine rings is 1. The van der Waals surface area contributed by atoms with E-state index in [9.17, 15) is 5.11 Å². The molecule has 38 heavy (non-hydrogen) atoms. The van der Waals surface area contributed by atoms with Crippen LogP contribution in [0.1, 0.15) is 16.7 Å². The van der Waals surface area contributed by atoms with Crippen molar-refractivity contribution < 1.29 is 23.9 Å². The van der Waals surface area contributed by atoms with Crippen LogP contribution >= 0.6 is 0 Å². The van der Waals surface area contributed by atoms with Gasteiger partial charge in [0.15, 0.2) is 17.7 Å². The first-order valence-electron chi connectivity index (χ1n) is 12.8. The molecule has 1 aromatic heterocycles. The largest absolute Gasteiger partial charge is 0.495 e. The van der Waals surface area contributed by atoms with E-state index in [1.54, 1.807) is 7.11 Å². The molecule has 0 saturated heterocycles. The normalized spacial score (nSPS) is 12.2. The van der Waals surface area contributed by atoms with Crippen LogP contribution in [0.25, 0.3) is 33.2 Å². The van der Waals surface area contributed by atoms with E-state index in [1.807, 2.05) is 18.2 Å². The van der Waals surface area contributed by atoms with E-state index < -0.39 is 0 Å². The number of fused-ring (bicyclic) bond motifs is 2. The minimum atomic E-state index is -0.0736. The molecule has 1 aliphatic rings. The van der Waals surface area contributed by atoms with Gasteiger partial charge >= 0.3 is 0 Å². The molecule has 0 atom stereocenters. The number of hydrogen-bond donors (Lipinski definition) is 1. The number of benzene rings is 4. The smallest absolute Gasteiger partial charge is 0.231 e. The van der Waals surface area contributed by atoms with Gasteiger partial charge in [0.1, 0.15) is 12.8 Å². The Kier molecular flexibility index (Phi) is 6.44. The molecule has 0 unspecified atom stereocenters.